The van der Waals surface area contributed by atoms with E-state index >= 15 is 0 Å². The number of hydrogen-bond acceptors (Lipinski definition) is 2. The molecular weight excluding hydrogens is 462 g/mol. The number of para-hydroxylation sites is 1. The van der Waals surface area contributed by atoms with Gasteiger partial charge in [-0.15, -0.1) is 0 Å². The Balaban J connectivity index is 1.61. The van der Waals surface area contributed by atoms with Crippen LogP contribution in [0.2, 0.25) is 0 Å². The summed E-state index contributed by atoms with van der Waals surface area (Å²) < 4.78 is 64.5. The second-order valence-corrected chi connectivity index (χ2v) is 13.4. The van der Waals surface area contributed by atoms with Gasteiger partial charge >= 0.3 is 0 Å². The van der Waals surface area contributed by atoms with Crippen molar-refractivity contribution < 1.29 is 14.0 Å². The Labute approximate surface area is 237 Å². The van der Waals surface area contributed by atoms with Crippen molar-refractivity contribution in [3.8, 4) is 11.3 Å². The zero-order valence-corrected chi connectivity index (χ0v) is 23.5. The number of furan rings is 1. The van der Waals surface area contributed by atoms with Crippen molar-refractivity contribution in [2.75, 3.05) is 0 Å². The average Bonchev–Trinajstić information content (AvgIpc) is 3.30. The molecule has 0 saturated heterocycles. The summed E-state index contributed by atoms with van der Waals surface area (Å²) in [5.74, 6) is -0.849. The second-order valence-electron chi connectivity index (χ2n) is 13.4. The van der Waals surface area contributed by atoms with E-state index < -0.39 is 19.6 Å². The Morgan fingerprint density at radius 3 is 2.29 bits per heavy atom. The van der Waals surface area contributed by atoms with Gasteiger partial charge in [-0.05, 0) is 101 Å². The minimum absolute atomic E-state index is 0.128. The van der Waals surface area contributed by atoms with Crippen molar-refractivity contribution >= 4 is 32.7 Å². The molecule has 2 nitrogen and oxygen atoms in total. The molecule has 0 radical (unpaired) electrons. The number of aromatic nitrogens is 1. The summed E-state index contributed by atoms with van der Waals surface area (Å²) in [6, 6.07) is 15.6. The normalized spacial score (nSPS) is 23.2. The first kappa shape index (κ1) is 18.2. The summed E-state index contributed by atoms with van der Waals surface area (Å²) in [5, 5.41) is 3.76. The fourth-order valence-corrected chi connectivity index (χ4v) is 8.17. The molecule has 0 aliphatic heterocycles. The monoisotopic (exact) mass is 510 g/mol. The third-order valence-electron chi connectivity index (χ3n) is 8.44. The van der Waals surface area contributed by atoms with Crippen LogP contribution in [0.1, 0.15) is 92.1 Å². The van der Waals surface area contributed by atoms with E-state index in [9.17, 15) is 1.37 Å². The highest BCUT2D eigenvalue weighted by Crippen LogP contribution is 2.61. The summed E-state index contributed by atoms with van der Waals surface area (Å²) in [7, 11) is 0. The number of benzene rings is 3. The van der Waals surface area contributed by atoms with Crippen molar-refractivity contribution in [2.24, 2.45) is 16.2 Å². The molecule has 38 heavy (non-hydrogen) atoms. The maximum absolute atomic E-state index is 10.1. The van der Waals surface area contributed by atoms with Gasteiger partial charge in [0.25, 0.3) is 0 Å². The van der Waals surface area contributed by atoms with E-state index in [1.807, 2.05) is 18.2 Å². The molecule has 196 valence electrons. The summed E-state index contributed by atoms with van der Waals surface area (Å²) in [4.78, 5) is 4.43. The van der Waals surface area contributed by atoms with E-state index in [1.165, 1.54) is 6.07 Å². The molecule has 1 saturated carbocycles. The number of hydrogen-bond donors (Lipinski definition) is 0. The predicted octanol–water partition coefficient (Wildman–Crippen LogP) is 10.7. The minimum atomic E-state index is -2.63. The maximum atomic E-state index is 10.1. The van der Waals surface area contributed by atoms with E-state index in [0.29, 0.717) is 22.4 Å². The number of fused-ring (bicyclic) bond motifs is 5. The number of rotatable bonds is 2. The highest BCUT2D eigenvalue weighted by molar-refractivity contribution is 6.18. The minimum Gasteiger partial charge on any atom is -0.455 e. The molecule has 5 aromatic rings. The summed E-state index contributed by atoms with van der Waals surface area (Å²) in [5.41, 5.74) is 3.22. The number of nitrogens with zero attached hydrogens (tertiary/aromatic N) is 1. The van der Waals surface area contributed by atoms with Crippen LogP contribution in [0.4, 0.5) is 0 Å². The van der Waals surface area contributed by atoms with Crippen molar-refractivity contribution in [1.29, 1.82) is 0 Å². The fraction of sp³-hybridized carbons (Fsp3) is 0.417. The molecule has 0 atom stereocenters. The molecule has 6 rings (SSSR count). The van der Waals surface area contributed by atoms with Crippen LogP contribution < -0.4 is 0 Å². The Morgan fingerprint density at radius 1 is 0.842 bits per heavy atom. The van der Waals surface area contributed by atoms with Gasteiger partial charge in [-0.1, -0.05) is 71.9 Å². The van der Waals surface area contributed by atoms with E-state index in [0.717, 1.165) is 51.7 Å². The zero-order chi connectivity index (χ0) is 33.1. The summed E-state index contributed by atoms with van der Waals surface area (Å²) in [6.07, 6.45) is 3.03. The van der Waals surface area contributed by atoms with Gasteiger partial charge in [0.15, 0.2) is 0 Å². The molecule has 1 aliphatic carbocycles. The van der Waals surface area contributed by atoms with Crippen LogP contribution in [0, 0.1) is 36.9 Å². The Morgan fingerprint density at radius 2 is 1.58 bits per heavy atom. The molecule has 2 heterocycles. The first-order chi connectivity index (χ1) is 20.6. The molecule has 0 amide bonds. The average molecular weight is 511 g/mol. The van der Waals surface area contributed by atoms with Crippen LogP contribution in [-0.2, 0) is 0 Å². The van der Waals surface area contributed by atoms with E-state index in [-0.39, 0.29) is 27.4 Å². The molecule has 2 aromatic heterocycles. The van der Waals surface area contributed by atoms with E-state index in [2.05, 4.69) is 77.7 Å². The topological polar surface area (TPSA) is 26.0 Å². The lowest BCUT2D eigenvalue weighted by Crippen LogP contribution is -2.45. The van der Waals surface area contributed by atoms with Crippen LogP contribution in [0.25, 0.3) is 44.0 Å². The third-order valence-corrected chi connectivity index (χ3v) is 8.44. The largest absolute Gasteiger partial charge is 0.455 e. The lowest BCUT2D eigenvalue weighted by Gasteiger charge is -2.55. The highest BCUT2D eigenvalue weighted by Gasteiger charge is 2.50. The van der Waals surface area contributed by atoms with Crippen LogP contribution >= 0.6 is 0 Å². The van der Waals surface area contributed by atoms with Gasteiger partial charge in [-0.2, -0.15) is 0 Å². The first-order valence-corrected chi connectivity index (χ1v) is 13.5. The molecule has 1 aliphatic rings. The molecule has 0 spiro atoms. The maximum Gasteiger partial charge on any atom is 0.144 e. The fourth-order valence-electron chi connectivity index (χ4n) is 8.17. The van der Waals surface area contributed by atoms with Gasteiger partial charge in [0, 0.05) is 37.5 Å². The third kappa shape index (κ3) is 3.87. The first-order valence-electron chi connectivity index (χ1n) is 17.0. The molecular formula is C36H41NO. The predicted molar refractivity (Wildman–Crippen MR) is 162 cm³/mol. The standard InChI is InChI=1S/C36H41NO/c1-21-16-29(37-18-23(21)3)26-11-10-12-27-30-22(2)15-24-13-14-25(17-28(24)32(30)38-31(26)27)33-35(6,7)19-34(4,5)20-36(33,8)9/h10-18,33H,19-20H2,1-9H3/i1D3,3D3,33D. The van der Waals surface area contributed by atoms with Gasteiger partial charge in [-0.25, -0.2) is 0 Å². The Kier molecular flexibility index (Phi) is 3.92. The molecule has 0 N–H and O–H groups in total. The van der Waals surface area contributed by atoms with Gasteiger partial charge < -0.3 is 4.42 Å². The molecule has 0 bridgehead atoms. The Bertz CT molecular complexity index is 1970. The van der Waals surface area contributed by atoms with Crippen LogP contribution in [-0.4, -0.2) is 4.98 Å². The van der Waals surface area contributed by atoms with Crippen LogP contribution in [0.3, 0.4) is 0 Å². The molecule has 1 fully saturated rings. The van der Waals surface area contributed by atoms with Crippen molar-refractivity contribution in [2.45, 2.75) is 80.9 Å². The lowest BCUT2D eigenvalue weighted by atomic mass is 9.49. The number of pyridine rings is 1. The van der Waals surface area contributed by atoms with E-state index in [1.54, 1.807) is 0 Å². The molecule has 0 unspecified atom stereocenters. The van der Waals surface area contributed by atoms with Gasteiger partial charge in [0.2, 0.25) is 0 Å². The van der Waals surface area contributed by atoms with Gasteiger partial charge in [0.05, 0.1) is 5.69 Å². The van der Waals surface area contributed by atoms with Crippen molar-refractivity contribution in [3.05, 3.63) is 77.0 Å². The van der Waals surface area contributed by atoms with Gasteiger partial charge in [-0.3, -0.25) is 4.98 Å². The van der Waals surface area contributed by atoms with E-state index in [4.69, 9.17) is 12.6 Å². The van der Waals surface area contributed by atoms with Crippen molar-refractivity contribution in [3.63, 3.8) is 0 Å². The van der Waals surface area contributed by atoms with Crippen LogP contribution in [0.5, 0.6) is 0 Å². The zero-order valence-electron chi connectivity index (χ0n) is 30.5. The number of aryl methyl sites for hydroxylation is 3. The van der Waals surface area contributed by atoms with Crippen molar-refractivity contribution in [1.82, 2.24) is 4.98 Å². The van der Waals surface area contributed by atoms with Gasteiger partial charge in [0.1, 0.15) is 11.2 Å². The lowest BCUT2D eigenvalue weighted by molar-refractivity contribution is -0.00947. The SMILES string of the molecule is [2H]C([2H])([2H])c1cnc(-c2cccc3c2oc2c4cc(C5([2H])C(C)(C)CC(C)(C)CC5(C)C)ccc4cc(C)c32)cc1C([2H])([2H])[2H]. The smallest absolute Gasteiger partial charge is 0.144 e. The summed E-state index contributed by atoms with van der Waals surface area (Å²) in [6.45, 7) is 10.3. The molecule has 2 heteroatoms. The Hall–Kier alpha value is -3.13. The molecule has 3 aromatic carbocycles. The summed E-state index contributed by atoms with van der Waals surface area (Å²) >= 11 is 0. The van der Waals surface area contributed by atoms with Crippen LogP contribution in [0.15, 0.2) is 59.1 Å². The quantitative estimate of drug-likeness (QED) is 0.236. The highest BCUT2D eigenvalue weighted by atomic mass is 16.3. The second kappa shape index (κ2) is 8.18.